The summed E-state index contributed by atoms with van der Waals surface area (Å²) < 4.78 is 1.78. The molecular formula is C12H15ClN2O. The topological polar surface area (TPSA) is 34.0 Å². The van der Waals surface area contributed by atoms with Crippen LogP contribution in [0.5, 0.6) is 0 Å². The van der Waals surface area contributed by atoms with Crippen molar-refractivity contribution in [2.75, 3.05) is 0 Å². The highest BCUT2D eigenvalue weighted by atomic mass is 35.5. The molecule has 0 atom stereocenters. The minimum absolute atomic E-state index is 0.211. The Morgan fingerprint density at radius 2 is 2.31 bits per heavy atom. The lowest BCUT2D eigenvalue weighted by molar-refractivity contribution is 0.0920. The minimum Gasteiger partial charge on any atom is -0.342 e. The zero-order chi connectivity index (χ0) is 12.3. The lowest BCUT2D eigenvalue weighted by atomic mass is 10.1. The Morgan fingerprint density at radius 1 is 1.69 bits per heavy atom. The van der Waals surface area contributed by atoms with Gasteiger partial charge in [-0.05, 0) is 26.8 Å². The first kappa shape index (κ1) is 12.7. The van der Waals surface area contributed by atoms with Crippen LogP contribution in [0.2, 0.25) is 5.02 Å². The van der Waals surface area contributed by atoms with Crippen LogP contribution in [-0.4, -0.2) is 16.0 Å². The number of halogens is 1. The predicted molar refractivity (Wildman–Crippen MR) is 65.5 cm³/mol. The van der Waals surface area contributed by atoms with Gasteiger partial charge in [-0.1, -0.05) is 17.5 Å². The van der Waals surface area contributed by atoms with Gasteiger partial charge in [-0.3, -0.25) is 4.79 Å². The van der Waals surface area contributed by atoms with Crippen molar-refractivity contribution in [3.8, 4) is 12.3 Å². The third kappa shape index (κ3) is 2.80. The monoisotopic (exact) mass is 238 g/mol. The van der Waals surface area contributed by atoms with Crippen LogP contribution in [0, 0.1) is 12.3 Å². The van der Waals surface area contributed by atoms with Crippen molar-refractivity contribution in [3.63, 3.8) is 0 Å². The molecule has 1 aromatic heterocycles. The van der Waals surface area contributed by atoms with Gasteiger partial charge in [-0.2, -0.15) is 0 Å². The summed E-state index contributed by atoms with van der Waals surface area (Å²) in [5, 5.41) is 3.30. The van der Waals surface area contributed by atoms with E-state index in [1.165, 1.54) is 0 Å². The van der Waals surface area contributed by atoms with Crippen LogP contribution >= 0.6 is 11.6 Å². The van der Waals surface area contributed by atoms with E-state index >= 15 is 0 Å². The van der Waals surface area contributed by atoms with E-state index in [1.54, 1.807) is 30.7 Å². The predicted octanol–water partition coefficient (Wildman–Crippen LogP) is 2.30. The molecule has 0 unspecified atom stereocenters. The molecule has 3 nitrogen and oxygen atoms in total. The Labute approximate surface area is 101 Å². The Kier molecular flexibility index (Phi) is 3.66. The third-order valence-electron chi connectivity index (χ3n) is 2.22. The SMILES string of the molecule is C#CC(C)(C)NC(=O)c1cc(Cl)cn1CC. The van der Waals surface area contributed by atoms with Crippen molar-refractivity contribution in [3.05, 3.63) is 23.0 Å². The fourth-order valence-corrected chi connectivity index (χ4v) is 1.53. The molecule has 1 aromatic rings. The van der Waals surface area contributed by atoms with Gasteiger partial charge in [-0.15, -0.1) is 6.42 Å². The molecular weight excluding hydrogens is 224 g/mol. The molecule has 0 aliphatic rings. The molecule has 0 spiro atoms. The second-order valence-electron chi connectivity index (χ2n) is 4.05. The molecule has 1 rings (SSSR count). The highest BCUT2D eigenvalue weighted by Crippen LogP contribution is 2.15. The van der Waals surface area contributed by atoms with Gasteiger partial charge in [0.1, 0.15) is 5.69 Å². The minimum atomic E-state index is -0.660. The maximum Gasteiger partial charge on any atom is 0.269 e. The first-order valence-electron chi connectivity index (χ1n) is 5.05. The Hall–Kier alpha value is -1.40. The number of terminal acetylenes is 1. The summed E-state index contributed by atoms with van der Waals surface area (Å²) >= 11 is 5.85. The van der Waals surface area contributed by atoms with E-state index in [1.807, 2.05) is 6.92 Å². The van der Waals surface area contributed by atoms with E-state index in [0.717, 1.165) is 0 Å². The van der Waals surface area contributed by atoms with E-state index < -0.39 is 5.54 Å². The first-order chi connectivity index (χ1) is 7.39. The molecule has 0 aliphatic carbocycles. The average Bonchev–Trinajstić information content (AvgIpc) is 2.59. The van der Waals surface area contributed by atoms with Crippen LogP contribution in [0.3, 0.4) is 0 Å². The van der Waals surface area contributed by atoms with Crippen molar-refractivity contribution < 1.29 is 4.79 Å². The number of nitrogens with zero attached hydrogens (tertiary/aromatic N) is 1. The van der Waals surface area contributed by atoms with E-state index in [-0.39, 0.29) is 5.91 Å². The van der Waals surface area contributed by atoms with Gasteiger partial charge in [0.25, 0.3) is 5.91 Å². The van der Waals surface area contributed by atoms with Crippen LogP contribution in [0.25, 0.3) is 0 Å². The van der Waals surface area contributed by atoms with Gasteiger partial charge in [0, 0.05) is 12.7 Å². The van der Waals surface area contributed by atoms with Gasteiger partial charge in [0.05, 0.1) is 10.6 Å². The number of amides is 1. The smallest absolute Gasteiger partial charge is 0.269 e. The number of nitrogens with one attached hydrogen (secondary N) is 1. The number of hydrogen-bond acceptors (Lipinski definition) is 1. The fraction of sp³-hybridized carbons (Fsp3) is 0.417. The standard InChI is InChI=1S/C12H15ClN2O/c1-5-12(3,4)14-11(16)10-7-9(13)8-15(10)6-2/h1,7-8H,6H2,2-4H3,(H,14,16). The van der Waals surface area contributed by atoms with Crippen molar-refractivity contribution in [1.29, 1.82) is 0 Å². The van der Waals surface area contributed by atoms with Crippen LogP contribution in [0.1, 0.15) is 31.3 Å². The molecule has 0 radical (unpaired) electrons. The molecule has 16 heavy (non-hydrogen) atoms. The van der Waals surface area contributed by atoms with Gasteiger partial charge < -0.3 is 9.88 Å². The summed E-state index contributed by atoms with van der Waals surface area (Å²) in [6.07, 6.45) is 7.03. The lowest BCUT2D eigenvalue weighted by Gasteiger charge is -2.19. The Balaban J connectivity index is 2.93. The number of rotatable bonds is 3. The molecule has 4 heteroatoms. The van der Waals surface area contributed by atoms with E-state index in [0.29, 0.717) is 17.3 Å². The van der Waals surface area contributed by atoms with E-state index in [2.05, 4.69) is 11.2 Å². The number of carbonyl (C=O) groups excluding carboxylic acids is 1. The zero-order valence-corrected chi connectivity index (χ0v) is 10.4. The summed E-state index contributed by atoms with van der Waals surface area (Å²) in [6, 6.07) is 1.63. The quantitative estimate of drug-likeness (QED) is 0.806. The lowest BCUT2D eigenvalue weighted by Crippen LogP contribution is -2.42. The second kappa shape index (κ2) is 4.63. The molecule has 0 saturated heterocycles. The molecule has 0 bridgehead atoms. The highest BCUT2D eigenvalue weighted by Gasteiger charge is 2.20. The second-order valence-corrected chi connectivity index (χ2v) is 4.49. The van der Waals surface area contributed by atoms with Crippen molar-refractivity contribution in [2.24, 2.45) is 0 Å². The van der Waals surface area contributed by atoms with E-state index in [4.69, 9.17) is 18.0 Å². The normalized spacial score (nSPS) is 10.9. The summed E-state index contributed by atoms with van der Waals surface area (Å²) in [5.41, 5.74) is -0.136. The van der Waals surface area contributed by atoms with Gasteiger partial charge >= 0.3 is 0 Å². The van der Waals surface area contributed by atoms with Crippen molar-refractivity contribution in [1.82, 2.24) is 9.88 Å². The number of carbonyl (C=O) groups is 1. The molecule has 86 valence electrons. The first-order valence-corrected chi connectivity index (χ1v) is 5.43. The molecule has 1 amide bonds. The maximum atomic E-state index is 11.9. The number of aromatic nitrogens is 1. The highest BCUT2D eigenvalue weighted by molar-refractivity contribution is 6.31. The molecule has 0 fully saturated rings. The number of hydrogen-bond donors (Lipinski definition) is 1. The molecule has 1 heterocycles. The third-order valence-corrected chi connectivity index (χ3v) is 2.43. The van der Waals surface area contributed by atoms with Gasteiger partial charge in [0.15, 0.2) is 0 Å². The van der Waals surface area contributed by atoms with Crippen LogP contribution in [-0.2, 0) is 6.54 Å². The molecule has 0 saturated carbocycles. The molecule has 0 aromatic carbocycles. The maximum absolute atomic E-state index is 11.9. The van der Waals surface area contributed by atoms with Crippen molar-refractivity contribution in [2.45, 2.75) is 32.9 Å². The van der Waals surface area contributed by atoms with Crippen molar-refractivity contribution >= 4 is 17.5 Å². The summed E-state index contributed by atoms with van der Waals surface area (Å²) in [6.45, 7) is 6.17. The van der Waals surface area contributed by atoms with Crippen LogP contribution in [0.15, 0.2) is 12.3 Å². The van der Waals surface area contributed by atoms with Gasteiger partial charge in [-0.25, -0.2) is 0 Å². The van der Waals surface area contributed by atoms with Crippen LogP contribution < -0.4 is 5.32 Å². The molecule has 0 aliphatic heterocycles. The van der Waals surface area contributed by atoms with Gasteiger partial charge in [0.2, 0.25) is 0 Å². The summed E-state index contributed by atoms with van der Waals surface area (Å²) in [5.74, 6) is 2.30. The summed E-state index contributed by atoms with van der Waals surface area (Å²) in [7, 11) is 0. The zero-order valence-electron chi connectivity index (χ0n) is 9.67. The average molecular weight is 239 g/mol. The van der Waals surface area contributed by atoms with Crippen LogP contribution in [0.4, 0.5) is 0 Å². The Bertz CT molecular complexity index is 440. The fourth-order valence-electron chi connectivity index (χ4n) is 1.31. The largest absolute Gasteiger partial charge is 0.342 e. The Morgan fingerprint density at radius 3 is 2.81 bits per heavy atom. The van der Waals surface area contributed by atoms with E-state index in [9.17, 15) is 4.79 Å². The number of aryl methyl sites for hydroxylation is 1. The molecule has 1 N–H and O–H groups in total. The summed E-state index contributed by atoms with van der Waals surface area (Å²) in [4.78, 5) is 11.9.